The maximum Gasteiger partial charge on any atom is 0.323 e. The van der Waals surface area contributed by atoms with Crippen LogP contribution in [0.2, 0.25) is 5.02 Å². The molecule has 276 valence electrons. The van der Waals surface area contributed by atoms with Crippen molar-refractivity contribution in [3.63, 3.8) is 0 Å². The molecular weight excluding hydrogens is 696 g/mol. The van der Waals surface area contributed by atoms with Crippen LogP contribution >= 0.6 is 11.6 Å². The summed E-state index contributed by atoms with van der Waals surface area (Å²) in [6.45, 7) is 2.52. The van der Waals surface area contributed by atoms with Gasteiger partial charge in [-0.3, -0.25) is 23.7 Å². The number of aromatic nitrogens is 1. The largest absolute Gasteiger partial charge is 0.495 e. The van der Waals surface area contributed by atoms with Crippen LogP contribution in [0.15, 0.2) is 89.9 Å². The molecule has 4 aromatic rings. The molecule has 12 heteroatoms. The molecule has 4 atom stereocenters. The molecule has 0 aliphatic carbocycles. The first-order valence-corrected chi connectivity index (χ1v) is 17.9. The number of anilines is 1. The summed E-state index contributed by atoms with van der Waals surface area (Å²) in [6, 6.07) is 22.4. The zero-order valence-corrected chi connectivity index (χ0v) is 30.7. The van der Waals surface area contributed by atoms with Crippen LogP contribution in [0.5, 0.6) is 5.75 Å². The van der Waals surface area contributed by atoms with Crippen molar-refractivity contribution in [2.75, 3.05) is 26.1 Å². The number of ether oxygens (including phenoxy) is 3. The minimum Gasteiger partial charge on any atom is -0.495 e. The van der Waals surface area contributed by atoms with Gasteiger partial charge in [0.05, 0.1) is 31.0 Å². The number of Topliss-reactive ketones (excluding diaryl/α,β-unsaturated/α-hetero) is 1. The molecule has 4 unspecified atom stereocenters. The third-order valence-corrected chi connectivity index (χ3v) is 9.63. The second-order valence-electron chi connectivity index (χ2n) is 13.1. The van der Waals surface area contributed by atoms with Crippen molar-refractivity contribution in [1.29, 1.82) is 5.26 Å². The normalized spacial score (nSPS) is 15.7. The number of halogens is 1. The lowest BCUT2D eigenvalue weighted by Crippen LogP contribution is -2.41. The summed E-state index contributed by atoms with van der Waals surface area (Å²) in [5.41, 5.74) is 2.37. The lowest BCUT2D eigenvalue weighted by atomic mass is 9.93. The van der Waals surface area contributed by atoms with E-state index in [-0.39, 0.29) is 43.0 Å². The second-order valence-corrected chi connectivity index (χ2v) is 13.5. The number of rotatable bonds is 15. The van der Waals surface area contributed by atoms with Gasteiger partial charge in [0, 0.05) is 52.9 Å². The van der Waals surface area contributed by atoms with E-state index in [1.54, 1.807) is 49.5 Å². The van der Waals surface area contributed by atoms with E-state index >= 15 is 0 Å². The maximum atomic E-state index is 14.0. The van der Waals surface area contributed by atoms with Crippen molar-refractivity contribution in [2.24, 2.45) is 5.92 Å². The lowest BCUT2D eigenvalue weighted by molar-refractivity contribution is -0.148. The highest BCUT2D eigenvalue weighted by Gasteiger charge is 2.30. The van der Waals surface area contributed by atoms with Gasteiger partial charge in [0.15, 0.2) is 5.78 Å². The quantitative estimate of drug-likeness (QED) is 0.100. The summed E-state index contributed by atoms with van der Waals surface area (Å²) in [5, 5.41) is 16.0. The van der Waals surface area contributed by atoms with E-state index < -0.39 is 29.5 Å². The second kappa shape index (κ2) is 18.5. The molecule has 0 spiro atoms. The zero-order valence-electron chi connectivity index (χ0n) is 30.0. The Morgan fingerprint density at radius 3 is 2.45 bits per heavy atom. The molecule has 0 radical (unpaired) electrons. The van der Waals surface area contributed by atoms with Crippen molar-refractivity contribution in [1.82, 2.24) is 9.88 Å². The summed E-state index contributed by atoms with van der Waals surface area (Å²) in [4.78, 5) is 53.8. The fourth-order valence-electron chi connectivity index (χ4n) is 6.52. The molecule has 1 aliphatic rings. The molecule has 0 bridgehead atoms. The number of amides is 1. The molecule has 1 fully saturated rings. The number of hydrogen-bond donors (Lipinski definition) is 2. The highest BCUT2D eigenvalue weighted by Crippen LogP contribution is 2.34. The van der Waals surface area contributed by atoms with Crippen molar-refractivity contribution < 1.29 is 28.6 Å². The molecule has 53 heavy (non-hydrogen) atoms. The topological polar surface area (TPSA) is 149 Å². The number of carbonyl (C=O) groups excluding carboxylic acids is 3. The fourth-order valence-corrected chi connectivity index (χ4v) is 6.69. The number of benzene rings is 3. The number of methoxy groups -OCH3 is 1. The average molecular weight is 739 g/mol. The Labute approximate surface area is 313 Å². The van der Waals surface area contributed by atoms with Gasteiger partial charge in [0.1, 0.15) is 24.4 Å². The molecule has 2 N–H and O–H groups in total. The molecule has 11 nitrogen and oxygen atoms in total. The standard InChI is InChI=1S/C41H43ClN4O7/c1-26(39(44-2)41(50)53-25-27-9-5-4-6-10-27)19-36(47)28-13-16-31(17-14-28)45-40(49)35(21-32-11-7-8-18-52-32)46-24-37(51-3)34(22-38(46)48)33-20-30(42)15-12-29(33)23-43/h4-6,9-10,12-17,20,22,24,26,32,35,39,44H,7-8,11,18-19,21,25H2,1-3H3,(H,45,49). The third kappa shape index (κ3) is 9.99. The zero-order chi connectivity index (χ0) is 37.9. The number of pyridine rings is 1. The van der Waals surface area contributed by atoms with Gasteiger partial charge in [0.2, 0.25) is 5.91 Å². The van der Waals surface area contributed by atoms with Gasteiger partial charge in [-0.1, -0.05) is 48.9 Å². The number of nitrogens with one attached hydrogen (secondary N) is 2. The van der Waals surface area contributed by atoms with Crippen molar-refractivity contribution in [2.45, 2.75) is 63.8 Å². The van der Waals surface area contributed by atoms with Crippen LogP contribution in [0, 0.1) is 17.2 Å². The Morgan fingerprint density at radius 2 is 1.79 bits per heavy atom. The van der Waals surface area contributed by atoms with Crippen molar-refractivity contribution in [3.8, 4) is 22.9 Å². The van der Waals surface area contributed by atoms with E-state index in [0.717, 1.165) is 24.8 Å². The monoisotopic (exact) mass is 738 g/mol. The Kier molecular flexibility index (Phi) is 13.6. The highest BCUT2D eigenvalue weighted by molar-refractivity contribution is 6.31. The van der Waals surface area contributed by atoms with Crippen LogP contribution in [0.25, 0.3) is 11.1 Å². The summed E-state index contributed by atoms with van der Waals surface area (Å²) in [7, 11) is 3.10. The number of ketones is 1. The van der Waals surface area contributed by atoms with E-state index in [1.165, 1.54) is 23.9 Å². The maximum absolute atomic E-state index is 14.0. The summed E-state index contributed by atoms with van der Waals surface area (Å²) >= 11 is 6.24. The van der Waals surface area contributed by atoms with Gasteiger partial charge in [-0.05, 0) is 80.3 Å². The molecule has 5 rings (SSSR count). The first kappa shape index (κ1) is 38.9. The molecule has 3 aromatic carbocycles. The SMILES string of the molecule is CNC(C(=O)OCc1ccccc1)C(C)CC(=O)c1ccc(NC(=O)C(CC2CCCCO2)n2cc(OC)c(-c3cc(Cl)ccc3C#N)cc2=O)cc1. The van der Waals surface area contributed by atoms with E-state index in [2.05, 4.69) is 16.7 Å². The Bertz CT molecular complexity index is 2000. The first-order chi connectivity index (χ1) is 25.6. The van der Waals surface area contributed by atoms with Gasteiger partial charge in [-0.2, -0.15) is 5.26 Å². The number of nitrogens with zero attached hydrogens (tertiary/aromatic N) is 2. The summed E-state index contributed by atoms with van der Waals surface area (Å²) in [6.07, 6.45) is 4.18. The lowest BCUT2D eigenvalue weighted by Gasteiger charge is -2.28. The molecular formula is C41H43ClN4O7. The van der Waals surface area contributed by atoms with Crippen LogP contribution in [0.4, 0.5) is 5.69 Å². The molecule has 2 heterocycles. The molecule has 0 saturated carbocycles. The van der Waals surface area contributed by atoms with Crippen molar-refractivity contribution in [3.05, 3.63) is 117 Å². The van der Waals surface area contributed by atoms with Crippen LogP contribution in [-0.4, -0.2) is 55.1 Å². The van der Waals surface area contributed by atoms with Gasteiger partial charge in [-0.25, -0.2) is 0 Å². The number of esters is 1. The van der Waals surface area contributed by atoms with E-state index in [0.29, 0.717) is 39.6 Å². The minimum absolute atomic E-state index is 0.0902. The fraction of sp³-hybridized carbons (Fsp3) is 0.341. The summed E-state index contributed by atoms with van der Waals surface area (Å²) in [5.74, 6) is -1.13. The van der Waals surface area contributed by atoms with E-state index in [9.17, 15) is 24.4 Å². The number of nitriles is 1. The molecule has 1 amide bonds. The van der Waals surface area contributed by atoms with Crippen LogP contribution in [0.1, 0.15) is 66.6 Å². The van der Waals surface area contributed by atoms with Gasteiger partial charge in [-0.15, -0.1) is 0 Å². The Hall–Kier alpha value is -5.28. The molecule has 1 aliphatic heterocycles. The van der Waals surface area contributed by atoms with Crippen molar-refractivity contribution >= 4 is 34.9 Å². The predicted molar refractivity (Wildman–Crippen MR) is 202 cm³/mol. The van der Waals surface area contributed by atoms with Gasteiger partial charge < -0.3 is 24.8 Å². The Balaban J connectivity index is 1.31. The molecule has 1 saturated heterocycles. The summed E-state index contributed by atoms with van der Waals surface area (Å²) < 4.78 is 18.5. The van der Waals surface area contributed by atoms with E-state index in [1.807, 2.05) is 37.3 Å². The third-order valence-electron chi connectivity index (χ3n) is 9.39. The minimum atomic E-state index is -0.967. The van der Waals surface area contributed by atoms with Gasteiger partial charge >= 0.3 is 5.97 Å². The molecule has 1 aromatic heterocycles. The highest BCUT2D eigenvalue weighted by atomic mass is 35.5. The first-order valence-electron chi connectivity index (χ1n) is 17.6. The number of carbonyl (C=O) groups is 3. The number of likely N-dealkylation sites (N-methyl/N-ethyl adjacent to an activating group) is 1. The number of hydrogen-bond acceptors (Lipinski definition) is 9. The Morgan fingerprint density at radius 1 is 1.04 bits per heavy atom. The van der Waals surface area contributed by atoms with E-state index in [4.69, 9.17) is 25.8 Å². The average Bonchev–Trinajstić information content (AvgIpc) is 3.17. The van der Waals surface area contributed by atoms with Crippen LogP contribution < -0.4 is 20.9 Å². The van der Waals surface area contributed by atoms with Crippen LogP contribution in [0.3, 0.4) is 0 Å². The van der Waals surface area contributed by atoms with Crippen LogP contribution in [-0.2, 0) is 25.7 Å². The smallest absolute Gasteiger partial charge is 0.323 e. The predicted octanol–water partition coefficient (Wildman–Crippen LogP) is 6.73. The van der Waals surface area contributed by atoms with Gasteiger partial charge in [0.25, 0.3) is 5.56 Å².